The summed E-state index contributed by atoms with van der Waals surface area (Å²) in [7, 11) is 2.64. The number of hydrogen-bond donors (Lipinski definition) is 0. The lowest BCUT2D eigenvalue weighted by Crippen LogP contribution is -2.35. The lowest BCUT2D eigenvalue weighted by atomic mass is 9.79. The molecule has 0 amide bonds. The zero-order valence-electron chi connectivity index (χ0n) is 8.88. The maximum absolute atomic E-state index is 12.7. The normalized spacial score (nSPS) is 11.3. The number of methoxy groups -OCH3 is 2. The molecule has 7 heteroatoms. The summed E-state index contributed by atoms with van der Waals surface area (Å²) in [5.41, 5.74) is -0.823. The van der Waals surface area contributed by atoms with E-state index < -0.39 is 12.4 Å². The van der Waals surface area contributed by atoms with Crippen LogP contribution in [-0.2, 0) is 4.74 Å². The number of benzene rings is 1. The van der Waals surface area contributed by atoms with Gasteiger partial charge in [-0.2, -0.15) is 0 Å². The second-order valence-corrected chi connectivity index (χ2v) is 3.03. The molecule has 0 saturated heterocycles. The first-order chi connectivity index (χ1) is 7.49. The van der Waals surface area contributed by atoms with Gasteiger partial charge in [-0.3, -0.25) is 0 Å². The van der Waals surface area contributed by atoms with Crippen LogP contribution in [-0.4, -0.2) is 28.0 Å². The van der Waals surface area contributed by atoms with Crippen molar-refractivity contribution in [2.24, 2.45) is 0 Å². The maximum atomic E-state index is 12.7. The van der Waals surface area contributed by atoms with Crippen LogP contribution in [0.3, 0.4) is 0 Å². The Kier molecular flexibility index (Phi) is 4.06. The number of rotatable bonds is 5. The van der Waals surface area contributed by atoms with Gasteiger partial charge >= 0.3 is 6.98 Å². The lowest BCUT2D eigenvalue weighted by molar-refractivity contribution is 0.0516. The van der Waals surface area contributed by atoms with Crippen LogP contribution in [0.5, 0.6) is 11.5 Å². The second kappa shape index (κ2) is 5.11. The van der Waals surface area contributed by atoms with Gasteiger partial charge < -0.3 is 27.2 Å². The highest BCUT2D eigenvalue weighted by Gasteiger charge is 2.29. The van der Waals surface area contributed by atoms with E-state index in [1.807, 2.05) is 0 Å². The zero-order chi connectivity index (χ0) is 12.2. The predicted molar refractivity (Wildman–Crippen MR) is 54.2 cm³/mol. The highest BCUT2D eigenvalue weighted by Crippen LogP contribution is 2.22. The molecule has 0 aliphatic rings. The fourth-order valence-corrected chi connectivity index (χ4v) is 1.16. The molecule has 0 N–H and O–H groups in total. The van der Waals surface area contributed by atoms with Crippen molar-refractivity contribution in [1.29, 1.82) is 0 Å². The highest BCUT2D eigenvalue weighted by atomic mass is 19.4. The molecular weight excluding hydrogens is 224 g/mol. The first kappa shape index (κ1) is 12.7. The summed E-state index contributed by atoms with van der Waals surface area (Å²) in [5.74, 6) is -0.117. The van der Waals surface area contributed by atoms with Crippen LogP contribution in [0.1, 0.15) is 0 Å². The molecule has 0 saturated carbocycles. The quantitative estimate of drug-likeness (QED) is 0.574. The molecule has 1 aromatic carbocycles. The predicted octanol–water partition coefficient (Wildman–Crippen LogP) is 1.73. The number of hydrogen-bond acceptors (Lipinski definition) is 3. The Morgan fingerprint density at radius 2 is 1.88 bits per heavy atom. The summed E-state index contributed by atoms with van der Waals surface area (Å²) < 4.78 is 52.2. The van der Waals surface area contributed by atoms with E-state index >= 15 is 0 Å². The SMILES string of the molecule is COCOc1ccc(OC)cc1[B-](F)(F)F. The van der Waals surface area contributed by atoms with Gasteiger partial charge in [0.25, 0.3) is 0 Å². The van der Waals surface area contributed by atoms with E-state index in [9.17, 15) is 12.9 Å². The Balaban J connectivity index is 3.06. The van der Waals surface area contributed by atoms with Crippen molar-refractivity contribution in [2.45, 2.75) is 0 Å². The summed E-state index contributed by atoms with van der Waals surface area (Å²) >= 11 is 0. The van der Waals surface area contributed by atoms with Crippen LogP contribution in [0.2, 0.25) is 0 Å². The molecule has 0 aromatic heterocycles. The van der Waals surface area contributed by atoms with E-state index in [1.54, 1.807) is 0 Å². The van der Waals surface area contributed by atoms with Crippen molar-refractivity contribution in [3.05, 3.63) is 18.2 Å². The van der Waals surface area contributed by atoms with E-state index in [0.717, 1.165) is 6.07 Å². The van der Waals surface area contributed by atoms with Gasteiger partial charge in [0.15, 0.2) is 6.79 Å². The standard InChI is InChI=1S/C9H11BF3O3/c1-14-6-16-9-4-3-7(15-2)5-8(9)10(11,12)13/h3-5H,6H2,1-2H3/q-1. The second-order valence-electron chi connectivity index (χ2n) is 3.03. The minimum absolute atomic E-state index is 0.138. The number of ether oxygens (including phenoxy) is 3. The van der Waals surface area contributed by atoms with Crippen LogP contribution in [0.25, 0.3) is 0 Å². The minimum atomic E-state index is -5.14. The van der Waals surface area contributed by atoms with Crippen LogP contribution in [0.4, 0.5) is 12.9 Å². The van der Waals surface area contributed by atoms with E-state index in [-0.39, 0.29) is 18.3 Å². The summed E-state index contributed by atoms with van der Waals surface area (Å²) in [5, 5.41) is 0. The largest absolute Gasteiger partial charge is 0.513 e. The monoisotopic (exact) mass is 235 g/mol. The van der Waals surface area contributed by atoms with Crippen molar-refractivity contribution in [3.63, 3.8) is 0 Å². The fourth-order valence-electron chi connectivity index (χ4n) is 1.16. The first-order valence-corrected chi connectivity index (χ1v) is 4.48. The Labute approximate surface area is 91.2 Å². The Bertz CT molecular complexity index is 354. The molecule has 0 fully saturated rings. The van der Waals surface area contributed by atoms with Crippen LogP contribution >= 0.6 is 0 Å². The molecule has 0 atom stereocenters. The third-order valence-corrected chi connectivity index (χ3v) is 1.90. The van der Waals surface area contributed by atoms with Gasteiger partial charge in [-0.25, -0.2) is 0 Å². The lowest BCUT2D eigenvalue weighted by Gasteiger charge is -2.20. The Hall–Kier alpha value is -1.37. The molecule has 0 aliphatic heterocycles. The molecule has 0 unspecified atom stereocenters. The molecule has 0 spiro atoms. The van der Waals surface area contributed by atoms with Crippen molar-refractivity contribution >= 4 is 12.4 Å². The van der Waals surface area contributed by atoms with Gasteiger partial charge in [0.2, 0.25) is 0 Å². The molecule has 16 heavy (non-hydrogen) atoms. The van der Waals surface area contributed by atoms with Gasteiger partial charge in [0.05, 0.1) is 12.9 Å². The van der Waals surface area contributed by atoms with Crippen LogP contribution in [0, 0.1) is 0 Å². The van der Waals surface area contributed by atoms with Crippen LogP contribution < -0.4 is 14.9 Å². The van der Waals surface area contributed by atoms with Gasteiger partial charge in [-0.15, -0.1) is 0 Å². The van der Waals surface area contributed by atoms with Crippen molar-refractivity contribution in [1.82, 2.24) is 0 Å². The Morgan fingerprint density at radius 3 is 2.38 bits per heavy atom. The average molecular weight is 235 g/mol. The summed E-state index contributed by atoms with van der Waals surface area (Å²) in [4.78, 5) is 0. The van der Waals surface area contributed by atoms with Crippen LogP contribution in [0.15, 0.2) is 18.2 Å². The van der Waals surface area contributed by atoms with E-state index in [2.05, 4.69) is 4.74 Å². The molecule has 1 rings (SSSR count). The molecule has 3 nitrogen and oxygen atoms in total. The van der Waals surface area contributed by atoms with Gasteiger partial charge in [0, 0.05) is 7.11 Å². The Morgan fingerprint density at radius 1 is 1.19 bits per heavy atom. The fraction of sp³-hybridized carbons (Fsp3) is 0.333. The molecule has 0 aliphatic carbocycles. The van der Waals surface area contributed by atoms with Gasteiger partial charge in [-0.1, -0.05) is 5.46 Å². The molecule has 0 heterocycles. The molecular formula is C9H11BF3O3-. The number of halogens is 3. The highest BCUT2D eigenvalue weighted by molar-refractivity contribution is 6.74. The first-order valence-electron chi connectivity index (χ1n) is 4.48. The van der Waals surface area contributed by atoms with Gasteiger partial charge in [0.1, 0.15) is 5.75 Å². The smallest absolute Gasteiger partial charge is 0.497 e. The van der Waals surface area contributed by atoms with E-state index in [4.69, 9.17) is 9.47 Å². The molecule has 0 bridgehead atoms. The molecule has 1 aromatic rings. The topological polar surface area (TPSA) is 27.7 Å². The third-order valence-electron chi connectivity index (χ3n) is 1.90. The molecule has 0 radical (unpaired) electrons. The summed E-state index contributed by atoms with van der Waals surface area (Å²) in [6, 6.07) is 3.52. The van der Waals surface area contributed by atoms with Crippen molar-refractivity contribution in [3.8, 4) is 11.5 Å². The van der Waals surface area contributed by atoms with E-state index in [0.29, 0.717) is 0 Å². The zero-order valence-corrected chi connectivity index (χ0v) is 8.88. The van der Waals surface area contributed by atoms with Gasteiger partial charge in [-0.05, 0) is 18.2 Å². The summed E-state index contributed by atoms with van der Waals surface area (Å²) in [6.45, 7) is -5.37. The molecule has 90 valence electrons. The average Bonchev–Trinajstić information content (AvgIpc) is 2.25. The van der Waals surface area contributed by atoms with Crippen molar-refractivity contribution < 1.29 is 27.2 Å². The van der Waals surface area contributed by atoms with Crippen molar-refractivity contribution in [2.75, 3.05) is 21.0 Å². The maximum Gasteiger partial charge on any atom is 0.513 e. The third kappa shape index (κ3) is 3.06. The summed E-state index contributed by atoms with van der Waals surface area (Å²) in [6.07, 6.45) is 0. The minimum Gasteiger partial charge on any atom is -0.497 e. The van der Waals surface area contributed by atoms with E-state index in [1.165, 1.54) is 26.4 Å².